The molecular weight excluding hydrogens is 324 g/mol. The normalized spacial score (nSPS) is 17.2. The summed E-state index contributed by atoms with van der Waals surface area (Å²) in [5.74, 6) is -18.6. The Balaban J connectivity index is 3.11. The molecule has 1 aliphatic rings. The molecule has 0 aliphatic heterocycles. The number of hydrogen-bond acceptors (Lipinski definition) is 2. The first-order valence-electron chi connectivity index (χ1n) is 6.09. The molecule has 0 N–H and O–H groups in total. The number of nitrogens with zero attached hydrogens (tertiary/aromatic N) is 2. The zero-order valence-electron chi connectivity index (χ0n) is 10.9. The van der Waals surface area contributed by atoms with Gasteiger partial charge in [-0.1, -0.05) is 12.8 Å². The zero-order chi connectivity index (χ0) is 17.4. The summed E-state index contributed by atoms with van der Waals surface area (Å²) >= 11 is 0. The summed E-state index contributed by atoms with van der Waals surface area (Å²) in [7, 11) is 0. The van der Waals surface area contributed by atoms with Crippen molar-refractivity contribution < 1.29 is 35.1 Å². The van der Waals surface area contributed by atoms with Crippen LogP contribution in [-0.4, -0.2) is 24.2 Å². The summed E-state index contributed by atoms with van der Waals surface area (Å²) in [4.78, 5) is 0. The molecule has 124 valence electrons. The lowest BCUT2D eigenvalue weighted by molar-refractivity contribution is -0.342. The van der Waals surface area contributed by atoms with E-state index in [1.807, 2.05) is 0 Å². The quantitative estimate of drug-likeness (QED) is 0.649. The Kier molecular flexibility index (Phi) is 4.67. The Hall–Kier alpha value is -1.58. The van der Waals surface area contributed by atoms with Crippen molar-refractivity contribution in [2.75, 3.05) is 0 Å². The minimum absolute atomic E-state index is 0.320. The van der Waals surface area contributed by atoms with Crippen molar-refractivity contribution in [1.82, 2.24) is 0 Å². The van der Waals surface area contributed by atoms with Gasteiger partial charge in [-0.2, -0.15) is 36.9 Å². The van der Waals surface area contributed by atoms with E-state index < -0.39 is 42.4 Å². The number of alkyl halides is 8. The van der Waals surface area contributed by atoms with Gasteiger partial charge in [0, 0.05) is 6.42 Å². The zero-order valence-corrected chi connectivity index (χ0v) is 10.9. The topological polar surface area (TPSA) is 47.6 Å². The highest BCUT2D eigenvalue weighted by atomic mass is 19.4. The first-order chi connectivity index (χ1) is 9.85. The summed E-state index contributed by atoms with van der Waals surface area (Å²) in [5, 5.41) is 17.6. The van der Waals surface area contributed by atoms with Crippen molar-refractivity contribution in [2.45, 2.75) is 49.9 Å². The molecule has 1 saturated carbocycles. The van der Waals surface area contributed by atoms with Gasteiger partial charge in [-0.15, -0.1) is 0 Å². The monoisotopic (exact) mass is 334 g/mol. The molecule has 0 saturated heterocycles. The van der Waals surface area contributed by atoms with Crippen LogP contribution in [-0.2, 0) is 0 Å². The Bertz CT molecular complexity index is 484. The van der Waals surface area contributed by atoms with Crippen LogP contribution in [0.5, 0.6) is 0 Å². The van der Waals surface area contributed by atoms with Crippen LogP contribution >= 0.6 is 0 Å². The molecule has 1 aliphatic carbocycles. The lowest BCUT2D eigenvalue weighted by Gasteiger charge is -2.34. The van der Waals surface area contributed by atoms with Crippen molar-refractivity contribution in [1.29, 1.82) is 10.5 Å². The van der Waals surface area contributed by atoms with Crippen LogP contribution in [0, 0.1) is 34.0 Å². The summed E-state index contributed by atoms with van der Waals surface area (Å²) in [6, 6.07) is 2.28. The Labute approximate surface area is 120 Å². The van der Waals surface area contributed by atoms with Crippen molar-refractivity contribution in [3.05, 3.63) is 0 Å². The lowest BCUT2D eigenvalue weighted by Crippen LogP contribution is -2.58. The van der Waals surface area contributed by atoms with Crippen molar-refractivity contribution in [2.24, 2.45) is 11.3 Å². The Morgan fingerprint density at radius 2 is 1.41 bits per heavy atom. The SMILES string of the molecule is N#CC(C#N)(CC1CC1)CC(F)(F)C(F)(F)C(F)(F)C(F)F. The predicted molar refractivity (Wildman–Crippen MR) is 56.5 cm³/mol. The molecule has 0 aromatic heterocycles. The Morgan fingerprint density at radius 3 is 1.73 bits per heavy atom. The molecule has 0 radical (unpaired) electrons. The lowest BCUT2D eigenvalue weighted by atomic mass is 9.78. The van der Waals surface area contributed by atoms with Crippen LogP contribution in [0.15, 0.2) is 0 Å². The molecular formula is C12H10F8N2. The van der Waals surface area contributed by atoms with Crippen LogP contribution in [0.3, 0.4) is 0 Å². The van der Waals surface area contributed by atoms with Gasteiger partial charge >= 0.3 is 24.2 Å². The van der Waals surface area contributed by atoms with Crippen LogP contribution in [0.25, 0.3) is 0 Å². The van der Waals surface area contributed by atoms with E-state index in [0.717, 1.165) is 12.1 Å². The molecule has 1 fully saturated rings. The maximum Gasteiger partial charge on any atom is 0.377 e. The highest BCUT2D eigenvalue weighted by Crippen LogP contribution is 2.54. The predicted octanol–water partition coefficient (Wildman–Crippen LogP) is 4.38. The van der Waals surface area contributed by atoms with E-state index in [2.05, 4.69) is 0 Å². The van der Waals surface area contributed by atoms with E-state index in [1.165, 1.54) is 0 Å². The van der Waals surface area contributed by atoms with Crippen LogP contribution in [0.2, 0.25) is 0 Å². The average molecular weight is 334 g/mol. The first kappa shape index (κ1) is 18.5. The van der Waals surface area contributed by atoms with E-state index in [4.69, 9.17) is 10.5 Å². The molecule has 0 bridgehead atoms. The molecule has 0 heterocycles. The van der Waals surface area contributed by atoms with Gasteiger partial charge in [-0.3, -0.25) is 0 Å². The minimum Gasteiger partial charge on any atom is -0.203 e. The summed E-state index contributed by atoms with van der Waals surface area (Å²) in [6.07, 6.45) is -6.78. The molecule has 0 spiro atoms. The third kappa shape index (κ3) is 3.11. The van der Waals surface area contributed by atoms with Crippen molar-refractivity contribution >= 4 is 0 Å². The first-order valence-corrected chi connectivity index (χ1v) is 6.09. The van der Waals surface area contributed by atoms with Gasteiger partial charge in [0.2, 0.25) is 0 Å². The average Bonchev–Trinajstić information content (AvgIpc) is 3.20. The van der Waals surface area contributed by atoms with Crippen molar-refractivity contribution in [3.63, 3.8) is 0 Å². The van der Waals surface area contributed by atoms with Crippen LogP contribution in [0.1, 0.15) is 25.7 Å². The fourth-order valence-corrected chi connectivity index (χ4v) is 1.95. The molecule has 10 heteroatoms. The van der Waals surface area contributed by atoms with E-state index in [0.29, 0.717) is 12.8 Å². The van der Waals surface area contributed by atoms with Crippen molar-refractivity contribution in [3.8, 4) is 12.1 Å². The molecule has 2 nitrogen and oxygen atoms in total. The number of hydrogen-bond donors (Lipinski definition) is 0. The van der Waals surface area contributed by atoms with Gasteiger partial charge < -0.3 is 0 Å². The number of rotatable bonds is 7. The fourth-order valence-electron chi connectivity index (χ4n) is 1.95. The van der Waals surface area contributed by atoms with Gasteiger partial charge in [0.15, 0.2) is 0 Å². The maximum atomic E-state index is 13.5. The summed E-state index contributed by atoms with van der Waals surface area (Å²) < 4.78 is 103. The number of nitriles is 2. The fraction of sp³-hybridized carbons (Fsp3) is 0.833. The third-order valence-electron chi connectivity index (χ3n) is 3.44. The minimum atomic E-state index is -6.39. The van der Waals surface area contributed by atoms with E-state index in [9.17, 15) is 35.1 Å². The van der Waals surface area contributed by atoms with Crippen LogP contribution in [0.4, 0.5) is 35.1 Å². The third-order valence-corrected chi connectivity index (χ3v) is 3.44. The largest absolute Gasteiger partial charge is 0.377 e. The van der Waals surface area contributed by atoms with Gasteiger partial charge in [0.25, 0.3) is 0 Å². The second kappa shape index (κ2) is 5.56. The highest BCUT2D eigenvalue weighted by molar-refractivity contribution is 5.18. The maximum absolute atomic E-state index is 13.5. The summed E-state index contributed by atoms with van der Waals surface area (Å²) in [5.41, 5.74) is -2.63. The van der Waals surface area contributed by atoms with Gasteiger partial charge in [-0.25, -0.2) is 8.78 Å². The second-order valence-electron chi connectivity index (χ2n) is 5.33. The van der Waals surface area contributed by atoms with E-state index >= 15 is 0 Å². The molecule has 0 atom stereocenters. The van der Waals surface area contributed by atoms with Gasteiger partial charge in [0.1, 0.15) is 5.41 Å². The Morgan fingerprint density at radius 1 is 0.955 bits per heavy atom. The molecule has 0 aromatic carbocycles. The standard InChI is InChI=1S/C12H10F8N2/c13-8(14)11(17,18)12(19,20)10(15,16)4-9(5-21,6-22)3-7-1-2-7/h7-8H,1-4H2. The van der Waals surface area contributed by atoms with Gasteiger partial charge in [-0.05, 0) is 12.3 Å². The van der Waals surface area contributed by atoms with E-state index in [-0.39, 0.29) is 5.92 Å². The highest BCUT2D eigenvalue weighted by Gasteiger charge is 2.76. The molecule has 22 heavy (non-hydrogen) atoms. The molecule has 0 unspecified atom stereocenters. The van der Waals surface area contributed by atoms with E-state index in [1.54, 1.807) is 0 Å². The molecule has 1 rings (SSSR count). The molecule has 0 aromatic rings. The summed E-state index contributed by atoms with van der Waals surface area (Å²) in [6.45, 7) is 0. The number of halogens is 8. The van der Waals surface area contributed by atoms with Crippen LogP contribution < -0.4 is 0 Å². The van der Waals surface area contributed by atoms with Gasteiger partial charge in [0.05, 0.1) is 12.1 Å². The smallest absolute Gasteiger partial charge is 0.203 e. The molecule has 0 amide bonds. The second-order valence-corrected chi connectivity index (χ2v) is 5.33.